The first-order valence-corrected chi connectivity index (χ1v) is 6.94. The van der Waals surface area contributed by atoms with Gasteiger partial charge in [-0.25, -0.2) is 0 Å². The van der Waals surface area contributed by atoms with Crippen molar-refractivity contribution in [2.45, 2.75) is 46.0 Å². The zero-order valence-corrected chi connectivity index (χ0v) is 11.1. The predicted molar refractivity (Wildman–Crippen MR) is 66.8 cm³/mol. The summed E-state index contributed by atoms with van der Waals surface area (Å²) in [5, 5.41) is 0. The molecule has 0 amide bonds. The molecule has 3 atom stereocenters. The van der Waals surface area contributed by atoms with Crippen LogP contribution in [0.15, 0.2) is 11.6 Å². The second-order valence-electron chi connectivity index (χ2n) is 6.19. The van der Waals surface area contributed by atoms with E-state index in [1.807, 2.05) is 13.8 Å². The third-order valence-electron chi connectivity index (χ3n) is 5.25. The van der Waals surface area contributed by atoms with Crippen molar-refractivity contribution in [1.29, 1.82) is 0 Å². The van der Waals surface area contributed by atoms with Gasteiger partial charge in [0.05, 0.1) is 17.9 Å². The van der Waals surface area contributed by atoms with Gasteiger partial charge >= 0.3 is 5.97 Å². The van der Waals surface area contributed by atoms with Crippen LogP contribution in [0.2, 0.25) is 0 Å². The Morgan fingerprint density at radius 1 is 1.56 bits per heavy atom. The highest BCUT2D eigenvalue weighted by Crippen LogP contribution is 2.62. The fraction of sp³-hybridized carbons (Fsp3) is 0.733. The Bertz CT molecular complexity index is 451. The van der Waals surface area contributed by atoms with Crippen LogP contribution in [0.1, 0.15) is 46.0 Å². The molecule has 18 heavy (non-hydrogen) atoms. The van der Waals surface area contributed by atoms with Crippen molar-refractivity contribution in [1.82, 2.24) is 0 Å². The van der Waals surface area contributed by atoms with E-state index >= 15 is 0 Å². The molecule has 2 bridgehead atoms. The minimum Gasteiger partial charge on any atom is -0.466 e. The van der Waals surface area contributed by atoms with Crippen LogP contribution in [0.25, 0.3) is 0 Å². The molecule has 2 fully saturated rings. The highest BCUT2D eigenvalue weighted by molar-refractivity contribution is 5.95. The van der Waals surface area contributed by atoms with Crippen LogP contribution in [0.3, 0.4) is 0 Å². The number of carbonyl (C=O) groups excluding carboxylic acids is 2. The molecule has 0 aliphatic heterocycles. The summed E-state index contributed by atoms with van der Waals surface area (Å²) in [6.07, 6.45) is 6.90. The van der Waals surface area contributed by atoms with Crippen molar-refractivity contribution in [3.63, 3.8) is 0 Å². The average molecular weight is 248 g/mol. The molecular formula is C15H20O3. The van der Waals surface area contributed by atoms with Crippen LogP contribution >= 0.6 is 0 Å². The highest BCUT2D eigenvalue weighted by Gasteiger charge is 2.60. The molecule has 0 radical (unpaired) electrons. The van der Waals surface area contributed by atoms with Crippen molar-refractivity contribution < 1.29 is 14.3 Å². The second kappa shape index (κ2) is 3.69. The molecule has 3 heteroatoms. The molecule has 0 aromatic heterocycles. The molecule has 4 aliphatic rings. The average Bonchev–Trinajstić information content (AvgIpc) is 2.70. The molecular weight excluding hydrogens is 228 g/mol. The van der Waals surface area contributed by atoms with Crippen LogP contribution in [0.4, 0.5) is 0 Å². The van der Waals surface area contributed by atoms with E-state index in [0.29, 0.717) is 13.0 Å². The summed E-state index contributed by atoms with van der Waals surface area (Å²) in [6, 6.07) is 0. The first kappa shape index (κ1) is 11.9. The van der Waals surface area contributed by atoms with Gasteiger partial charge in [0.15, 0.2) is 0 Å². The Morgan fingerprint density at radius 2 is 2.33 bits per heavy atom. The maximum atomic E-state index is 12.4. The van der Waals surface area contributed by atoms with Crippen LogP contribution in [-0.4, -0.2) is 18.4 Å². The van der Waals surface area contributed by atoms with E-state index in [0.717, 1.165) is 25.7 Å². The summed E-state index contributed by atoms with van der Waals surface area (Å²) >= 11 is 0. The van der Waals surface area contributed by atoms with E-state index in [-0.39, 0.29) is 23.1 Å². The number of ketones is 1. The molecule has 98 valence electrons. The largest absolute Gasteiger partial charge is 0.466 e. The van der Waals surface area contributed by atoms with Gasteiger partial charge in [0.25, 0.3) is 0 Å². The number of hydrogen-bond acceptors (Lipinski definition) is 3. The monoisotopic (exact) mass is 248 g/mol. The third-order valence-corrected chi connectivity index (χ3v) is 5.25. The first-order valence-electron chi connectivity index (χ1n) is 6.94. The number of fused-ring (bicyclic) bond motifs is 2. The van der Waals surface area contributed by atoms with Gasteiger partial charge in [0, 0.05) is 6.42 Å². The molecule has 0 saturated heterocycles. The van der Waals surface area contributed by atoms with Crippen LogP contribution < -0.4 is 0 Å². The fourth-order valence-corrected chi connectivity index (χ4v) is 4.18. The summed E-state index contributed by atoms with van der Waals surface area (Å²) in [5.74, 6) is -0.215. The fourth-order valence-electron chi connectivity index (χ4n) is 4.18. The van der Waals surface area contributed by atoms with Crippen molar-refractivity contribution in [3.8, 4) is 0 Å². The number of esters is 1. The van der Waals surface area contributed by atoms with Crippen LogP contribution in [-0.2, 0) is 14.3 Å². The Labute approximate surface area is 108 Å². The normalized spacial score (nSPS) is 41.6. The molecule has 2 saturated carbocycles. The molecule has 0 heterocycles. The SMILES string of the molecule is CCOC(=O)[C@@H]1C[C@]23CCCC2=C[C@@]1(C)C(=O)C3. The second-order valence-corrected chi connectivity index (χ2v) is 6.19. The van der Waals surface area contributed by atoms with E-state index in [1.165, 1.54) is 5.57 Å². The van der Waals surface area contributed by atoms with Gasteiger partial charge in [-0.1, -0.05) is 11.6 Å². The molecule has 1 spiro atoms. The maximum absolute atomic E-state index is 12.4. The summed E-state index contributed by atoms with van der Waals surface area (Å²) in [5.41, 5.74) is 0.838. The van der Waals surface area contributed by atoms with Gasteiger partial charge in [0.1, 0.15) is 5.78 Å². The molecule has 0 unspecified atom stereocenters. The van der Waals surface area contributed by atoms with Gasteiger partial charge in [-0.15, -0.1) is 0 Å². The number of carbonyl (C=O) groups is 2. The van der Waals surface area contributed by atoms with Crippen LogP contribution in [0, 0.1) is 16.7 Å². The van der Waals surface area contributed by atoms with Crippen molar-refractivity contribution in [2.75, 3.05) is 6.61 Å². The van der Waals surface area contributed by atoms with Gasteiger partial charge < -0.3 is 4.74 Å². The number of ether oxygens (including phenoxy) is 1. The smallest absolute Gasteiger partial charge is 0.310 e. The van der Waals surface area contributed by atoms with Crippen molar-refractivity contribution in [3.05, 3.63) is 11.6 Å². The minimum absolute atomic E-state index is 0.00622. The molecule has 0 aromatic rings. The summed E-state index contributed by atoms with van der Waals surface area (Å²) in [7, 11) is 0. The zero-order valence-electron chi connectivity index (χ0n) is 11.1. The van der Waals surface area contributed by atoms with Gasteiger partial charge in [-0.3, -0.25) is 9.59 Å². The van der Waals surface area contributed by atoms with Crippen LogP contribution in [0.5, 0.6) is 0 Å². The lowest BCUT2D eigenvalue weighted by Gasteiger charge is -2.51. The maximum Gasteiger partial charge on any atom is 0.310 e. The number of rotatable bonds is 2. The van der Waals surface area contributed by atoms with E-state index in [1.54, 1.807) is 0 Å². The molecule has 4 aliphatic carbocycles. The Hall–Kier alpha value is -1.12. The third kappa shape index (κ3) is 1.36. The Kier molecular flexibility index (Phi) is 2.45. The molecule has 3 nitrogen and oxygen atoms in total. The predicted octanol–water partition coefficient (Wildman–Crippen LogP) is 2.65. The number of allylic oxidation sites excluding steroid dienone is 2. The van der Waals surface area contributed by atoms with Crippen molar-refractivity contribution >= 4 is 11.8 Å². The number of hydrogen-bond donors (Lipinski definition) is 0. The first-order chi connectivity index (χ1) is 8.52. The highest BCUT2D eigenvalue weighted by atomic mass is 16.5. The van der Waals surface area contributed by atoms with Gasteiger partial charge in [-0.2, -0.15) is 0 Å². The number of Topliss-reactive ketones (excluding diaryl/α,β-unsaturated/α-hetero) is 1. The minimum atomic E-state index is -0.603. The van der Waals surface area contributed by atoms with E-state index in [9.17, 15) is 9.59 Å². The lowest BCUT2D eigenvalue weighted by molar-refractivity contribution is -0.161. The molecule has 0 aromatic carbocycles. The topological polar surface area (TPSA) is 43.4 Å². The van der Waals surface area contributed by atoms with Crippen molar-refractivity contribution in [2.24, 2.45) is 16.7 Å². The zero-order chi connectivity index (χ0) is 13.0. The quantitative estimate of drug-likeness (QED) is 0.557. The van der Waals surface area contributed by atoms with Gasteiger partial charge in [0.2, 0.25) is 0 Å². The summed E-state index contributed by atoms with van der Waals surface area (Å²) in [4.78, 5) is 24.5. The van der Waals surface area contributed by atoms with E-state index < -0.39 is 5.41 Å². The summed E-state index contributed by atoms with van der Waals surface area (Å²) in [6.45, 7) is 4.13. The Morgan fingerprint density at radius 3 is 3.06 bits per heavy atom. The van der Waals surface area contributed by atoms with Gasteiger partial charge in [-0.05, 0) is 44.9 Å². The molecule has 4 rings (SSSR count). The van der Waals surface area contributed by atoms with E-state index in [2.05, 4.69) is 6.08 Å². The standard InChI is InChI=1S/C15H20O3/c1-3-18-13(17)11-8-15-6-4-5-10(15)7-14(11,2)12(16)9-15/h7,11H,3-6,8-9H2,1-2H3/t11-,14+,15-/m0/s1. The lowest BCUT2D eigenvalue weighted by Crippen LogP contribution is -2.53. The van der Waals surface area contributed by atoms with E-state index in [4.69, 9.17) is 4.74 Å². The molecule has 0 N–H and O–H groups in total. The lowest BCUT2D eigenvalue weighted by atomic mass is 9.51. The summed E-state index contributed by atoms with van der Waals surface area (Å²) < 4.78 is 5.17. The Balaban J connectivity index is 2.02.